The van der Waals surface area contributed by atoms with Crippen molar-refractivity contribution >= 4 is 24.0 Å². The molecule has 27 heavy (non-hydrogen) atoms. The second-order valence-electron chi connectivity index (χ2n) is 9.71. The van der Waals surface area contributed by atoms with Gasteiger partial charge >= 0.3 is 6.09 Å². The second-order valence-corrected chi connectivity index (χ2v) is 10.5. The first-order valence-electron chi connectivity index (χ1n) is 10.3. The van der Waals surface area contributed by atoms with E-state index in [1.165, 1.54) is 18.5 Å². The van der Waals surface area contributed by atoms with Gasteiger partial charge in [0, 0.05) is 18.8 Å². The molecule has 0 aromatic carbocycles. The average Bonchev–Trinajstić information content (AvgIpc) is 3.30. The van der Waals surface area contributed by atoms with Gasteiger partial charge in [-0.25, -0.2) is 4.79 Å². The number of carbonyl (C=O) groups excluding carboxylic acids is 2. The maximum Gasteiger partial charge on any atom is 0.411 e. The van der Waals surface area contributed by atoms with Crippen LogP contribution >= 0.6 is 12.0 Å². The molecule has 2 amide bonds. The predicted molar refractivity (Wildman–Crippen MR) is 104 cm³/mol. The lowest BCUT2D eigenvalue weighted by molar-refractivity contribution is -0.134. The third kappa shape index (κ3) is 3.69. The molecule has 2 aliphatic carbocycles. The highest BCUT2D eigenvalue weighted by atomic mass is 32.2. The molecule has 0 aromatic rings. The number of hydrogen-bond acceptors (Lipinski definition) is 5. The molecule has 4 atom stereocenters. The van der Waals surface area contributed by atoms with Crippen molar-refractivity contribution in [1.82, 2.24) is 9.80 Å². The topological polar surface area (TPSA) is 59.1 Å². The molecular formula is C20H32N2O4S. The summed E-state index contributed by atoms with van der Waals surface area (Å²) in [4.78, 5) is 29.9. The molecule has 2 heterocycles. The Morgan fingerprint density at radius 1 is 1.26 bits per heavy atom. The van der Waals surface area contributed by atoms with Crippen molar-refractivity contribution in [3.05, 3.63) is 0 Å². The number of amides is 2. The van der Waals surface area contributed by atoms with Gasteiger partial charge in [-0.05, 0) is 82.7 Å². The number of likely N-dealkylation sites (tertiary alicyclic amines) is 1. The molecule has 4 fully saturated rings. The maximum atomic E-state index is 13.3. The normalized spacial score (nSPS) is 35.2. The van der Waals surface area contributed by atoms with Gasteiger partial charge in [-0.15, -0.1) is 0 Å². The van der Waals surface area contributed by atoms with Crippen LogP contribution in [0.5, 0.6) is 0 Å². The Labute approximate surface area is 166 Å². The molecule has 0 spiro atoms. The first kappa shape index (κ1) is 19.4. The average molecular weight is 397 g/mol. The third-order valence-electron chi connectivity index (χ3n) is 6.70. The highest BCUT2D eigenvalue weighted by Crippen LogP contribution is 2.59. The monoisotopic (exact) mass is 396 g/mol. The number of nitrogens with zero attached hydrogens (tertiary/aromatic N) is 2. The Hall–Kier alpha value is -0.950. The SMILES string of the molecule is CC(C)(C)OC(=O)N(CC(=O)N1CCCC1)C12COSCC3CC(CC31)C2. The molecule has 2 bridgehead atoms. The quantitative estimate of drug-likeness (QED) is 0.685. The molecule has 2 saturated carbocycles. The number of carbonyl (C=O) groups is 2. The van der Waals surface area contributed by atoms with Crippen molar-refractivity contribution in [2.75, 3.05) is 32.0 Å². The summed E-state index contributed by atoms with van der Waals surface area (Å²) in [6, 6.07) is 0. The lowest BCUT2D eigenvalue weighted by atomic mass is 9.74. The maximum absolute atomic E-state index is 13.3. The van der Waals surface area contributed by atoms with Gasteiger partial charge in [-0.3, -0.25) is 9.69 Å². The van der Waals surface area contributed by atoms with Gasteiger partial charge in [0.2, 0.25) is 5.91 Å². The van der Waals surface area contributed by atoms with E-state index in [9.17, 15) is 9.59 Å². The highest BCUT2D eigenvalue weighted by Gasteiger charge is 2.61. The van der Waals surface area contributed by atoms with Gasteiger partial charge in [-0.1, -0.05) is 0 Å². The summed E-state index contributed by atoms with van der Waals surface area (Å²) >= 11 is 1.53. The Morgan fingerprint density at radius 2 is 2.00 bits per heavy atom. The van der Waals surface area contributed by atoms with Crippen LogP contribution in [0.2, 0.25) is 0 Å². The Balaban J connectivity index is 1.62. The van der Waals surface area contributed by atoms with E-state index in [2.05, 4.69) is 0 Å². The zero-order valence-electron chi connectivity index (χ0n) is 16.7. The van der Waals surface area contributed by atoms with Gasteiger partial charge in [0.15, 0.2) is 0 Å². The molecule has 152 valence electrons. The van der Waals surface area contributed by atoms with Crippen LogP contribution in [0.25, 0.3) is 0 Å². The molecule has 2 aliphatic heterocycles. The van der Waals surface area contributed by atoms with Crippen LogP contribution in [0, 0.1) is 17.8 Å². The lowest BCUT2D eigenvalue weighted by Gasteiger charge is -2.47. The number of hydrogen-bond donors (Lipinski definition) is 0. The summed E-state index contributed by atoms with van der Waals surface area (Å²) in [5.74, 6) is 2.66. The van der Waals surface area contributed by atoms with E-state index < -0.39 is 11.1 Å². The van der Waals surface area contributed by atoms with E-state index in [1.807, 2.05) is 25.7 Å². The van der Waals surface area contributed by atoms with Crippen molar-refractivity contribution in [2.24, 2.45) is 17.8 Å². The Morgan fingerprint density at radius 3 is 2.67 bits per heavy atom. The number of ether oxygens (including phenoxy) is 1. The summed E-state index contributed by atoms with van der Waals surface area (Å²) in [5.41, 5.74) is -0.977. The van der Waals surface area contributed by atoms with Crippen molar-refractivity contribution in [2.45, 2.75) is 64.0 Å². The van der Waals surface area contributed by atoms with Crippen LogP contribution in [-0.4, -0.2) is 64.9 Å². The zero-order chi connectivity index (χ0) is 19.2. The number of fused-ring (bicyclic) bond motifs is 1. The highest BCUT2D eigenvalue weighted by molar-refractivity contribution is 7.94. The van der Waals surface area contributed by atoms with Crippen LogP contribution < -0.4 is 0 Å². The minimum Gasteiger partial charge on any atom is -0.444 e. The second kappa shape index (κ2) is 7.14. The van der Waals surface area contributed by atoms with Crippen LogP contribution in [-0.2, 0) is 13.7 Å². The molecule has 0 radical (unpaired) electrons. The summed E-state index contributed by atoms with van der Waals surface area (Å²) in [7, 11) is 0. The first-order valence-corrected chi connectivity index (χ1v) is 11.2. The Bertz CT molecular complexity index is 601. The van der Waals surface area contributed by atoms with E-state index >= 15 is 0 Å². The molecule has 7 heteroatoms. The van der Waals surface area contributed by atoms with Gasteiger partial charge < -0.3 is 13.8 Å². The molecule has 0 N–H and O–H groups in total. The van der Waals surface area contributed by atoms with Crippen molar-refractivity contribution < 1.29 is 18.5 Å². The summed E-state index contributed by atoms with van der Waals surface area (Å²) < 4.78 is 11.7. The number of rotatable bonds is 3. The molecule has 4 unspecified atom stereocenters. The smallest absolute Gasteiger partial charge is 0.411 e. The third-order valence-corrected chi connectivity index (χ3v) is 7.55. The summed E-state index contributed by atoms with van der Waals surface area (Å²) in [5, 5.41) is 0. The largest absolute Gasteiger partial charge is 0.444 e. The molecule has 0 aromatic heterocycles. The molecule has 4 rings (SSSR count). The van der Waals surface area contributed by atoms with Crippen molar-refractivity contribution in [1.29, 1.82) is 0 Å². The summed E-state index contributed by atoms with van der Waals surface area (Å²) in [6.07, 6.45) is 5.04. The van der Waals surface area contributed by atoms with Crippen molar-refractivity contribution in [3.63, 3.8) is 0 Å². The van der Waals surface area contributed by atoms with E-state index in [0.29, 0.717) is 24.4 Å². The van der Waals surface area contributed by atoms with E-state index in [-0.39, 0.29) is 18.5 Å². The van der Waals surface area contributed by atoms with E-state index in [4.69, 9.17) is 8.92 Å². The van der Waals surface area contributed by atoms with Crippen LogP contribution in [0.4, 0.5) is 4.79 Å². The predicted octanol–water partition coefficient (Wildman–Crippen LogP) is 3.31. The molecule has 2 saturated heterocycles. The Kier molecular flexibility index (Phi) is 5.12. The zero-order valence-corrected chi connectivity index (χ0v) is 17.6. The molecule has 6 nitrogen and oxygen atoms in total. The van der Waals surface area contributed by atoms with Gasteiger partial charge in [-0.2, -0.15) is 0 Å². The van der Waals surface area contributed by atoms with Gasteiger partial charge in [0.25, 0.3) is 0 Å². The summed E-state index contributed by atoms with van der Waals surface area (Å²) in [6.45, 7) is 7.86. The van der Waals surface area contributed by atoms with Gasteiger partial charge in [0.05, 0.1) is 12.1 Å². The van der Waals surface area contributed by atoms with Gasteiger partial charge in [0.1, 0.15) is 12.1 Å². The van der Waals surface area contributed by atoms with Crippen LogP contribution in [0.1, 0.15) is 52.9 Å². The fourth-order valence-electron chi connectivity index (χ4n) is 5.66. The fourth-order valence-corrected chi connectivity index (χ4v) is 6.58. The molecular weight excluding hydrogens is 364 g/mol. The van der Waals surface area contributed by atoms with E-state index in [0.717, 1.165) is 44.5 Å². The lowest BCUT2D eigenvalue weighted by Crippen LogP contribution is -2.61. The van der Waals surface area contributed by atoms with Crippen LogP contribution in [0.3, 0.4) is 0 Å². The standard InChI is InChI=1S/C20H32N2O4S/c1-19(2,3)26-18(24)22(11-17(23)21-6-4-5-7-21)20-10-14-8-15(16(20)9-14)12-27-25-13-20/h14-16H,4-13H2,1-3H3. The fraction of sp³-hybridized carbons (Fsp3) is 0.900. The van der Waals surface area contributed by atoms with Crippen LogP contribution in [0.15, 0.2) is 0 Å². The molecule has 4 aliphatic rings. The minimum absolute atomic E-state index is 0.0453. The van der Waals surface area contributed by atoms with E-state index in [1.54, 1.807) is 4.90 Å². The minimum atomic E-state index is -0.583. The first-order chi connectivity index (χ1) is 12.8. The van der Waals surface area contributed by atoms with Crippen molar-refractivity contribution in [3.8, 4) is 0 Å².